The quantitative estimate of drug-likeness (QED) is 0.846. The van der Waals surface area contributed by atoms with Gasteiger partial charge in [-0.15, -0.1) is 11.8 Å². The normalized spacial score (nSPS) is 21.7. The van der Waals surface area contributed by atoms with Crippen molar-refractivity contribution in [2.75, 3.05) is 11.6 Å². The van der Waals surface area contributed by atoms with Gasteiger partial charge < -0.3 is 5.11 Å². The van der Waals surface area contributed by atoms with E-state index in [1.165, 1.54) is 5.56 Å². The lowest BCUT2D eigenvalue weighted by atomic mass is 10.2. The standard InChI is InChI=1S/C11H13NO2S/c13-11(14)10-7-15-8-12(10)6-9-4-2-1-3-5-9/h1-5,10H,6-8H2,(H,13,14)/t10-/m0/s1. The zero-order chi connectivity index (χ0) is 10.7. The SMILES string of the molecule is O=C(O)[C@@H]1CSCN1Cc1ccccc1. The average Bonchev–Trinajstić information content (AvgIpc) is 2.67. The van der Waals surface area contributed by atoms with Gasteiger partial charge in [0.15, 0.2) is 0 Å². The van der Waals surface area contributed by atoms with E-state index in [-0.39, 0.29) is 6.04 Å². The minimum atomic E-state index is -0.712. The molecule has 0 aromatic heterocycles. The molecule has 1 heterocycles. The predicted octanol–water partition coefficient (Wildman–Crippen LogP) is 1.65. The first-order valence-corrected chi connectivity index (χ1v) is 6.01. The van der Waals surface area contributed by atoms with Crippen molar-refractivity contribution < 1.29 is 9.90 Å². The van der Waals surface area contributed by atoms with Crippen LogP contribution in [-0.2, 0) is 11.3 Å². The summed E-state index contributed by atoms with van der Waals surface area (Å²) in [7, 11) is 0. The van der Waals surface area contributed by atoms with Crippen molar-refractivity contribution in [3.05, 3.63) is 35.9 Å². The van der Waals surface area contributed by atoms with Gasteiger partial charge in [-0.05, 0) is 5.56 Å². The molecule has 80 valence electrons. The van der Waals surface area contributed by atoms with Crippen LogP contribution < -0.4 is 0 Å². The zero-order valence-corrected chi connectivity index (χ0v) is 9.11. The lowest BCUT2D eigenvalue weighted by Gasteiger charge is -2.19. The van der Waals surface area contributed by atoms with Crippen molar-refractivity contribution in [3.8, 4) is 0 Å². The maximum atomic E-state index is 10.9. The fourth-order valence-corrected chi connectivity index (χ4v) is 2.87. The largest absolute Gasteiger partial charge is 0.480 e. The second kappa shape index (κ2) is 4.68. The first-order chi connectivity index (χ1) is 7.27. The van der Waals surface area contributed by atoms with E-state index < -0.39 is 5.97 Å². The number of carboxylic acid groups (broad SMARTS) is 1. The van der Waals surface area contributed by atoms with Crippen LogP contribution >= 0.6 is 11.8 Å². The highest BCUT2D eigenvalue weighted by Crippen LogP contribution is 2.22. The fourth-order valence-electron chi connectivity index (χ4n) is 1.68. The Morgan fingerprint density at radius 1 is 1.47 bits per heavy atom. The van der Waals surface area contributed by atoms with Crippen LogP contribution in [-0.4, -0.2) is 33.6 Å². The summed E-state index contributed by atoms with van der Waals surface area (Å²) in [5.74, 6) is 0.796. The molecule has 0 unspecified atom stereocenters. The Balaban J connectivity index is 2.03. The van der Waals surface area contributed by atoms with Crippen molar-refractivity contribution in [2.45, 2.75) is 12.6 Å². The molecule has 0 saturated carbocycles. The molecule has 1 aromatic rings. The lowest BCUT2D eigenvalue weighted by molar-refractivity contribution is -0.141. The summed E-state index contributed by atoms with van der Waals surface area (Å²) in [6.45, 7) is 0.727. The van der Waals surface area contributed by atoms with Crippen LogP contribution in [0.15, 0.2) is 30.3 Å². The maximum absolute atomic E-state index is 10.9. The van der Waals surface area contributed by atoms with Crippen molar-refractivity contribution in [1.82, 2.24) is 4.90 Å². The summed E-state index contributed by atoms with van der Waals surface area (Å²) in [6.07, 6.45) is 0. The summed E-state index contributed by atoms with van der Waals surface area (Å²) < 4.78 is 0. The van der Waals surface area contributed by atoms with Gasteiger partial charge in [-0.2, -0.15) is 0 Å². The zero-order valence-electron chi connectivity index (χ0n) is 8.30. The third kappa shape index (κ3) is 2.52. The molecule has 3 nitrogen and oxygen atoms in total. The van der Waals surface area contributed by atoms with Crippen LogP contribution in [0.3, 0.4) is 0 Å². The minimum Gasteiger partial charge on any atom is -0.480 e. The molecule has 1 aliphatic heterocycles. The Hall–Kier alpha value is -1.00. The number of carboxylic acids is 1. The Bertz CT molecular complexity index is 342. The second-order valence-corrected chi connectivity index (χ2v) is 4.59. The predicted molar refractivity (Wildman–Crippen MR) is 60.7 cm³/mol. The molecule has 0 spiro atoms. The molecule has 4 heteroatoms. The van der Waals surface area contributed by atoms with Crippen molar-refractivity contribution >= 4 is 17.7 Å². The van der Waals surface area contributed by atoms with Crippen molar-refractivity contribution in [2.24, 2.45) is 0 Å². The van der Waals surface area contributed by atoms with Gasteiger partial charge in [0.1, 0.15) is 6.04 Å². The topological polar surface area (TPSA) is 40.5 Å². The van der Waals surface area contributed by atoms with Crippen LogP contribution in [0.1, 0.15) is 5.56 Å². The van der Waals surface area contributed by atoms with Crippen LogP contribution in [0.25, 0.3) is 0 Å². The number of carbonyl (C=O) groups is 1. The van der Waals surface area contributed by atoms with Crippen LogP contribution in [0.4, 0.5) is 0 Å². The van der Waals surface area contributed by atoms with Crippen LogP contribution in [0.5, 0.6) is 0 Å². The average molecular weight is 223 g/mol. The summed E-state index contributed by atoms with van der Waals surface area (Å²) in [4.78, 5) is 12.9. The van der Waals surface area contributed by atoms with E-state index in [0.717, 1.165) is 12.4 Å². The molecule has 1 atom stereocenters. The first-order valence-electron chi connectivity index (χ1n) is 4.86. The molecule has 1 N–H and O–H groups in total. The monoisotopic (exact) mass is 223 g/mol. The van der Waals surface area contributed by atoms with Gasteiger partial charge in [-0.3, -0.25) is 9.69 Å². The molecule has 1 aromatic carbocycles. The van der Waals surface area contributed by atoms with Gasteiger partial charge in [0, 0.05) is 18.2 Å². The van der Waals surface area contributed by atoms with Crippen molar-refractivity contribution in [1.29, 1.82) is 0 Å². The van der Waals surface area contributed by atoms with E-state index in [4.69, 9.17) is 5.11 Å². The molecule has 1 saturated heterocycles. The van der Waals surface area contributed by atoms with E-state index in [1.807, 2.05) is 35.2 Å². The molecule has 0 radical (unpaired) electrons. The van der Waals surface area contributed by atoms with Gasteiger partial charge in [0.05, 0.1) is 0 Å². The Labute approximate surface area is 93.1 Å². The Kier molecular flexibility index (Phi) is 3.28. The molecular formula is C11H13NO2S. The maximum Gasteiger partial charge on any atom is 0.321 e. The minimum absolute atomic E-state index is 0.324. The molecule has 0 bridgehead atoms. The Morgan fingerprint density at radius 2 is 2.20 bits per heavy atom. The van der Waals surface area contributed by atoms with E-state index in [0.29, 0.717) is 5.75 Å². The van der Waals surface area contributed by atoms with Crippen LogP contribution in [0.2, 0.25) is 0 Å². The molecular weight excluding hydrogens is 210 g/mol. The molecule has 1 aliphatic rings. The number of thioether (sulfide) groups is 1. The fraction of sp³-hybridized carbons (Fsp3) is 0.364. The van der Waals surface area contributed by atoms with E-state index >= 15 is 0 Å². The van der Waals surface area contributed by atoms with E-state index in [1.54, 1.807) is 11.8 Å². The molecule has 0 aliphatic carbocycles. The summed E-state index contributed by atoms with van der Waals surface area (Å²) in [5.41, 5.74) is 1.17. The number of nitrogens with zero attached hydrogens (tertiary/aromatic N) is 1. The number of hydrogen-bond donors (Lipinski definition) is 1. The van der Waals surface area contributed by atoms with Gasteiger partial charge >= 0.3 is 5.97 Å². The van der Waals surface area contributed by atoms with Gasteiger partial charge in [0.2, 0.25) is 0 Å². The highest BCUT2D eigenvalue weighted by Gasteiger charge is 2.30. The molecule has 0 amide bonds. The van der Waals surface area contributed by atoms with E-state index in [9.17, 15) is 4.79 Å². The summed E-state index contributed by atoms with van der Waals surface area (Å²) >= 11 is 1.68. The van der Waals surface area contributed by atoms with Crippen molar-refractivity contribution in [3.63, 3.8) is 0 Å². The molecule has 15 heavy (non-hydrogen) atoms. The van der Waals surface area contributed by atoms with Gasteiger partial charge in [-0.25, -0.2) is 0 Å². The number of rotatable bonds is 3. The van der Waals surface area contributed by atoms with E-state index in [2.05, 4.69) is 0 Å². The number of hydrogen-bond acceptors (Lipinski definition) is 3. The first kappa shape index (κ1) is 10.5. The molecule has 2 rings (SSSR count). The smallest absolute Gasteiger partial charge is 0.321 e. The third-order valence-corrected chi connectivity index (χ3v) is 3.55. The highest BCUT2D eigenvalue weighted by atomic mass is 32.2. The Morgan fingerprint density at radius 3 is 2.87 bits per heavy atom. The van der Waals surface area contributed by atoms with Gasteiger partial charge in [0.25, 0.3) is 0 Å². The third-order valence-electron chi connectivity index (χ3n) is 2.49. The van der Waals surface area contributed by atoms with Gasteiger partial charge in [-0.1, -0.05) is 30.3 Å². The molecule has 1 fully saturated rings. The highest BCUT2D eigenvalue weighted by molar-refractivity contribution is 7.99. The number of aliphatic carboxylic acids is 1. The number of benzene rings is 1. The summed E-state index contributed by atoms with van der Waals surface area (Å²) in [6, 6.07) is 9.67. The summed E-state index contributed by atoms with van der Waals surface area (Å²) in [5, 5.41) is 9.01. The second-order valence-electron chi connectivity index (χ2n) is 3.59. The van der Waals surface area contributed by atoms with Crippen LogP contribution in [0, 0.1) is 0 Å². The lowest BCUT2D eigenvalue weighted by Crippen LogP contribution is -2.37.